The Hall–Kier alpha value is -2.98. The number of likely N-dealkylation sites (tertiary alicyclic amines) is 1. The molecule has 34 heavy (non-hydrogen) atoms. The summed E-state index contributed by atoms with van der Waals surface area (Å²) in [5.41, 5.74) is 6.00. The SMILES string of the molecule is CC(=O)N1C[C@H](S(=O)(=O)c2ccc(OCc3cc(C)nc4c3CCCC4)cc2)C[C@@H]1C(=O)NO. The van der Waals surface area contributed by atoms with Gasteiger partial charge in [0.1, 0.15) is 18.4 Å². The fourth-order valence-corrected chi connectivity index (χ4v) is 6.54. The van der Waals surface area contributed by atoms with Crippen molar-refractivity contribution in [1.82, 2.24) is 15.4 Å². The fourth-order valence-electron chi connectivity index (χ4n) is 4.84. The van der Waals surface area contributed by atoms with Crippen LogP contribution in [-0.2, 0) is 38.9 Å². The highest BCUT2D eigenvalue weighted by molar-refractivity contribution is 7.92. The number of benzene rings is 1. The van der Waals surface area contributed by atoms with Crippen LogP contribution in [0.4, 0.5) is 0 Å². The molecule has 1 aromatic heterocycles. The number of ether oxygens (including phenoxy) is 1. The van der Waals surface area contributed by atoms with Crippen molar-refractivity contribution < 1.29 is 28.0 Å². The maximum Gasteiger partial charge on any atom is 0.266 e. The van der Waals surface area contributed by atoms with E-state index in [-0.39, 0.29) is 17.9 Å². The Bertz CT molecular complexity index is 1200. The van der Waals surface area contributed by atoms with Crippen LogP contribution in [0.5, 0.6) is 5.75 Å². The summed E-state index contributed by atoms with van der Waals surface area (Å²) in [6.45, 7) is 3.51. The third-order valence-electron chi connectivity index (χ3n) is 6.59. The molecule has 0 spiro atoms. The van der Waals surface area contributed by atoms with Crippen LogP contribution in [0.15, 0.2) is 35.2 Å². The molecule has 1 fully saturated rings. The Morgan fingerprint density at radius 1 is 1.21 bits per heavy atom. The first-order valence-corrected chi connectivity index (χ1v) is 12.9. The first kappa shape index (κ1) is 24.2. The molecule has 1 saturated heterocycles. The number of aryl methyl sites for hydroxylation is 2. The molecule has 10 heteroatoms. The van der Waals surface area contributed by atoms with Crippen LogP contribution in [0.1, 0.15) is 48.7 Å². The number of sulfone groups is 1. The molecule has 182 valence electrons. The number of pyridine rings is 1. The lowest BCUT2D eigenvalue weighted by Crippen LogP contribution is -2.44. The summed E-state index contributed by atoms with van der Waals surface area (Å²) in [5.74, 6) is -0.680. The molecule has 2 atom stereocenters. The molecule has 2 N–H and O–H groups in total. The van der Waals surface area contributed by atoms with E-state index >= 15 is 0 Å². The quantitative estimate of drug-likeness (QED) is 0.472. The predicted molar refractivity (Wildman–Crippen MR) is 123 cm³/mol. The van der Waals surface area contributed by atoms with E-state index in [1.54, 1.807) is 12.1 Å². The fraction of sp³-hybridized carbons (Fsp3) is 0.458. The minimum Gasteiger partial charge on any atom is -0.489 e. The van der Waals surface area contributed by atoms with Crippen molar-refractivity contribution in [3.63, 3.8) is 0 Å². The lowest BCUT2D eigenvalue weighted by atomic mass is 9.92. The Balaban J connectivity index is 1.47. The van der Waals surface area contributed by atoms with E-state index in [0.29, 0.717) is 12.4 Å². The number of carbonyl (C=O) groups excluding carboxylic acids is 2. The zero-order valence-electron chi connectivity index (χ0n) is 19.3. The first-order valence-electron chi connectivity index (χ1n) is 11.4. The topological polar surface area (TPSA) is 126 Å². The summed E-state index contributed by atoms with van der Waals surface area (Å²) in [7, 11) is -3.80. The van der Waals surface area contributed by atoms with Gasteiger partial charge in [0.2, 0.25) is 5.91 Å². The second-order valence-corrected chi connectivity index (χ2v) is 11.1. The van der Waals surface area contributed by atoms with Crippen molar-refractivity contribution in [3.05, 3.63) is 52.8 Å². The molecule has 2 heterocycles. The monoisotopic (exact) mass is 487 g/mol. The van der Waals surface area contributed by atoms with Gasteiger partial charge in [0.05, 0.1) is 10.1 Å². The lowest BCUT2D eigenvalue weighted by Gasteiger charge is -2.20. The third kappa shape index (κ3) is 4.78. The van der Waals surface area contributed by atoms with Gasteiger partial charge in [0.25, 0.3) is 5.91 Å². The summed E-state index contributed by atoms with van der Waals surface area (Å²) >= 11 is 0. The minimum atomic E-state index is -3.80. The number of aromatic nitrogens is 1. The summed E-state index contributed by atoms with van der Waals surface area (Å²) in [6, 6.07) is 7.21. The van der Waals surface area contributed by atoms with Gasteiger partial charge in [0.15, 0.2) is 9.84 Å². The minimum absolute atomic E-state index is 0.0843. The number of nitrogens with one attached hydrogen (secondary N) is 1. The molecule has 1 aromatic carbocycles. The molecule has 1 aliphatic carbocycles. The average Bonchev–Trinajstić information content (AvgIpc) is 3.29. The molecule has 9 nitrogen and oxygen atoms in total. The van der Waals surface area contributed by atoms with Gasteiger partial charge in [-0.1, -0.05) is 0 Å². The maximum atomic E-state index is 13.2. The molecule has 0 bridgehead atoms. The molecule has 2 aromatic rings. The van der Waals surface area contributed by atoms with E-state index in [1.807, 2.05) is 13.0 Å². The number of amides is 2. The van der Waals surface area contributed by atoms with Crippen molar-refractivity contribution in [2.24, 2.45) is 0 Å². The number of carbonyl (C=O) groups is 2. The van der Waals surface area contributed by atoms with Gasteiger partial charge in [-0.05, 0) is 80.5 Å². The molecule has 0 unspecified atom stereocenters. The van der Waals surface area contributed by atoms with Crippen LogP contribution in [0.2, 0.25) is 0 Å². The van der Waals surface area contributed by atoms with Crippen molar-refractivity contribution in [2.45, 2.75) is 68.7 Å². The zero-order valence-corrected chi connectivity index (χ0v) is 20.1. The molecule has 2 aliphatic rings. The van der Waals surface area contributed by atoms with Crippen LogP contribution >= 0.6 is 0 Å². The lowest BCUT2D eigenvalue weighted by molar-refractivity contribution is -0.141. The summed E-state index contributed by atoms with van der Waals surface area (Å²) < 4.78 is 32.3. The molecular formula is C24H29N3O6S. The van der Waals surface area contributed by atoms with E-state index in [4.69, 9.17) is 9.94 Å². The van der Waals surface area contributed by atoms with Crippen molar-refractivity contribution in [2.75, 3.05) is 6.54 Å². The van der Waals surface area contributed by atoms with Crippen LogP contribution in [0.3, 0.4) is 0 Å². The average molecular weight is 488 g/mol. The number of hydrogen-bond donors (Lipinski definition) is 2. The number of nitrogens with zero attached hydrogens (tertiary/aromatic N) is 2. The van der Waals surface area contributed by atoms with Crippen molar-refractivity contribution in [3.8, 4) is 5.75 Å². The number of rotatable bonds is 6. The predicted octanol–water partition coefficient (Wildman–Crippen LogP) is 2.12. The Labute approximate surface area is 199 Å². The van der Waals surface area contributed by atoms with Gasteiger partial charge < -0.3 is 9.64 Å². The second kappa shape index (κ2) is 9.71. The van der Waals surface area contributed by atoms with Crippen LogP contribution < -0.4 is 10.2 Å². The molecule has 4 rings (SSSR count). The smallest absolute Gasteiger partial charge is 0.266 e. The summed E-state index contributed by atoms with van der Waals surface area (Å²) in [6.07, 6.45) is 4.18. The zero-order chi connectivity index (χ0) is 24.5. The number of hydrogen-bond acceptors (Lipinski definition) is 7. The second-order valence-electron chi connectivity index (χ2n) is 8.88. The van der Waals surface area contributed by atoms with Crippen LogP contribution in [-0.4, -0.2) is 53.2 Å². The van der Waals surface area contributed by atoms with E-state index < -0.39 is 32.9 Å². The third-order valence-corrected chi connectivity index (χ3v) is 8.73. The van der Waals surface area contributed by atoms with Crippen molar-refractivity contribution >= 4 is 21.7 Å². The highest BCUT2D eigenvalue weighted by Crippen LogP contribution is 2.30. The van der Waals surface area contributed by atoms with E-state index in [1.165, 1.54) is 35.0 Å². The highest BCUT2D eigenvalue weighted by atomic mass is 32.2. The van der Waals surface area contributed by atoms with Gasteiger partial charge in [-0.3, -0.25) is 19.8 Å². The van der Waals surface area contributed by atoms with E-state index in [9.17, 15) is 18.0 Å². The Morgan fingerprint density at radius 2 is 1.91 bits per heavy atom. The van der Waals surface area contributed by atoms with Gasteiger partial charge in [0, 0.05) is 24.9 Å². The molecule has 1 aliphatic heterocycles. The number of fused-ring (bicyclic) bond motifs is 1. The van der Waals surface area contributed by atoms with Gasteiger partial charge in [-0.25, -0.2) is 13.9 Å². The van der Waals surface area contributed by atoms with E-state index in [2.05, 4.69) is 4.98 Å². The Morgan fingerprint density at radius 3 is 2.59 bits per heavy atom. The van der Waals surface area contributed by atoms with Gasteiger partial charge in [-0.15, -0.1) is 0 Å². The van der Waals surface area contributed by atoms with E-state index in [0.717, 1.165) is 42.6 Å². The van der Waals surface area contributed by atoms with Gasteiger partial charge in [-0.2, -0.15) is 0 Å². The molecule has 0 saturated carbocycles. The highest BCUT2D eigenvalue weighted by Gasteiger charge is 2.44. The summed E-state index contributed by atoms with van der Waals surface area (Å²) in [5, 5.41) is 7.99. The first-order chi connectivity index (χ1) is 16.2. The van der Waals surface area contributed by atoms with Gasteiger partial charge >= 0.3 is 0 Å². The molecule has 0 radical (unpaired) electrons. The Kier molecular flexibility index (Phi) is 6.90. The molecule has 2 amide bonds. The standard InChI is InChI=1S/C24H29N3O6S/c1-15-11-17(21-5-3-4-6-22(21)25-15)14-33-18-7-9-19(10-8-18)34(31,32)20-12-23(24(29)26-30)27(13-20)16(2)28/h7-11,20,23,30H,3-6,12-14H2,1-2H3,(H,26,29)/t20-,23-/m1/s1. The largest absolute Gasteiger partial charge is 0.489 e. The van der Waals surface area contributed by atoms with Crippen LogP contribution in [0.25, 0.3) is 0 Å². The summed E-state index contributed by atoms with van der Waals surface area (Å²) in [4.78, 5) is 29.7. The molecular weight excluding hydrogens is 458 g/mol. The normalized spacial score (nSPS) is 20.0. The maximum absolute atomic E-state index is 13.2. The number of hydroxylamine groups is 1. The van der Waals surface area contributed by atoms with Crippen LogP contribution in [0, 0.1) is 6.92 Å². The van der Waals surface area contributed by atoms with Crippen molar-refractivity contribution in [1.29, 1.82) is 0 Å².